The average Bonchev–Trinajstić information content (AvgIpc) is 2.43. The molecule has 0 unspecified atom stereocenters. The number of amides is 1. The van der Waals surface area contributed by atoms with Crippen molar-refractivity contribution in [1.82, 2.24) is 0 Å². The third-order valence-electron chi connectivity index (χ3n) is 3.38. The van der Waals surface area contributed by atoms with E-state index in [-0.39, 0.29) is 5.91 Å². The van der Waals surface area contributed by atoms with Crippen LogP contribution in [0, 0.1) is 0 Å². The van der Waals surface area contributed by atoms with Crippen LogP contribution < -0.4 is 15.5 Å². The summed E-state index contributed by atoms with van der Waals surface area (Å²) in [4.78, 5) is 16.4. The molecule has 98 valence electrons. The minimum absolute atomic E-state index is 0.184. The van der Waals surface area contributed by atoms with Gasteiger partial charge in [-0.2, -0.15) is 0 Å². The molecule has 18 heavy (non-hydrogen) atoms. The molecule has 1 heterocycles. The molecule has 0 saturated carbocycles. The van der Waals surface area contributed by atoms with Crippen LogP contribution in [0.3, 0.4) is 0 Å². The van der Waals surface area contributed by atoms with E-state index in [0.717, 1.165) is 37.4 Å². The van der Waals surface area contributed by atoms with Gasteiger partial charge in [0.2, 0.25) is 5.91 Å². The predicted molar refractivity (Wildman–Crippen MR) is 75.0 cm³/mol. The molecule has 2 N–H and O–H groups in total. The number of hydrogen-bond acceptors (Lipinski definition) is 3. The normalized spacial score (nSPS) is 14.6. The second kappa shape index (κ2) is 5.87. The maximum Gasteiger partial charge on any atom is 0.227 e. The molecule has 1 amide bonds. The summed E-state index contributed by atoms with van der Waals surface area (Å²) in [6, 6.07) is 8.12. The second-order valence-corrected chi connectivity index (χ2v) is 4.51. The van der Waals surface area contributed by atoms with Crippen molar-refractivity contribution >= 4 is 17.3 Å². The van der Waals surface area contributed by atoms with Gasteiger partial charge in [0.05, 0.1) is 11.4 Å². The van der Waals surface area contributed by atoms with E-state index in [1.165, 1.54) is 0 Å². The SMILES string of the molecule is CCN1CCN(C(=O)CCCN)c2ccccc21. The van der Waals surface area contributed by atoms with Gasteiger partial charge in [-0.05, 0) is 32.0 Å². The summed E-state index contributed by atoms with van der Waals surface area (Å²) >= 11 is 0. The summed E-state index contributed by atoms with van der Waals surface area (Å²) in [6.45, 7) is 5.36. The number of anilines is 2. The Morgan fingerprint density at radius 2 is 2.00 bits per heavy atom. The summed E-state index contributed by atoms with van der Waals surface area (Å²) in [5, 5.41) is 0. The molecule has 1 aliphatic rings. The molecular weight excluding hydrogens is 226 g/mol. The molecule has 2 rings (SSSR count). The number of carbonyl (C=O) groups is 1. The number of rotatable bonds is 4. The summed E-state index contributed by atoms with van der Waals surface area (Å²) in [6.07, 6.45) is 1.30. The van der Waals surface area contributed by atoms with Crippen LogP contribution in [0.2, 0.25) is 0 Å². The van der Waals surface area contributed by atoms with Crippen molar-refractivity contribution in [2.45, 2.75) is 19.8 Å². The van der Waals surface area contributed by atoms with Crippen molar-refractivity contribution < 1.29 is 4.79 Å². The number of nitrogens with two attached hydrogens (primary N) is 1. The van der Waals surface area contributed by atoms with Gasteiger partial charge in [0.15, 0.2) is 0 Å². The molecule has 0 radical (unpaired) electrons. The van der Waals surface area contributed by atoms with Crippen molar-refractivity contribution in [2.75, 3.05) is 36.0 Å². The first-order valence-electron chi connectivity index (χ1n) is 6.62. The highest BCUT2D eigenvalue weighted by Crippen LogP contribution is 2.32. The summed E-state index contributed by atoms with van der Waals surface area (Å²) in [5.74, 6) is 0.184. The fraction of sp³-hybridized carbons (Fsp3) is 0.500. The Labute approximate surface area is 108 Å². The zero-order valence-corrected chi connectivity index (χ0v) is 10.9. The van der Waals surface area contributed by atoms with E-state index in [2.05, 4.69) is 17.9 Å². The van der Waals surface area contributed by atoms with Crippen LogP contribution >= 0.6 is 0 Å². The molecule has 0 aromatic heterocycles. The van der Waals surface area contributed by atoms with E-state index in [4.69, 9.17) is 5.73 Å². The van der Waals surface area contributed by atoms with Gasteiger partial charge in [-0.1, -0.05) is 12.1 Å². The molecule has 4 heteroatoms. The highest BCUT2D eigenvalue weighted by atomic mass is 16.2. The van der Waals surface area contributed by atoms with Gasteiger partial charge in [0.1, 0.15) is 0 Å². The van der Waals surface area contributed by atoms with Crippen LogP contribution in [0.25, 0.3) is 0 Å². The molecule has 0 aliphatic carbocycles. The van der Waals surface area contributed by atoms with Crippen molar-refractivity contribution in [2.24, 2.45) is 5.73 Å². The van der Waals surface area contributed by atoms with E-state index in [1.807, 2.05) is 23.1 Å². The van der Waals surface area contributed by atoms with Crippen molar-refractivity contribution in [1.29, 1.82) is 0 Å². The third kappa shape index (κ3) is 2.48. The van der Waals surface area contributed by atoms with Crippen LogP contribution in [0.4, 0.5) is 11.4 Å². The molecule has 0 fully saturated rings. The van der Waals surface area contributed by atoms with Crippen LogP contribution in [0.1, 0.15) is 19.8 Å². The first-order valence-corrected chi connectivity index (χ1v) is 6.62. The molecule has 0 saturated heterocycles. The van der Waals surface area contributed by atoms with E-state index >= 15 is 0 Å². The number of hydrogen-bond donors (Lipinski definition) is 1. The quantitative estimate of drug-likeness (QED) is 0.879. The molecule has 1 aliphatic heterocycles. The Morgan fingerprint density at radius 1 is 1.28 bits per heavy atom. The average molecular weight is 247 g/mol. The summed E-state index contributed by atoms with van der Waals surface area (Å²) in [5.41, 5.74) is 7.66. The van der Waals surface area contributed by atoms with Crippen molar-refractivity contribution in [3.63, 3.8) is 0 Å². The van der Waals surface area contributed by atoms with Gasteiger partial charge in [0.25, 0.3) is 0 Å². The Kier molecular flexibility index (Phi) is 4.20. The van der Waals surface area contributed by atoms with E-state index < -0.39 is 0 Å². The Bertz CT molecular complexity index is 419. The largest absolute Gasteiger partial charge is 0.368 e. The minimum Gasteiger partial charge on any atom is -0.368 e. The molecular formula is C14H21N3O. The highest BCUT2D eigenvalue weighted by Gasteiger charge is 2.24. The Hall–Kier alpha value is -1.55. The molecule has 4 nitrogen and oxygen atoms in total. The number of carbonyl (C=O) groups excluding carboxylic acids is 1. The number of fused-ring (bicyclic) bond motifs is 1. The van der Waals surface area contributed by atoms with Crippen LogP contribution in [-0.2, 0) is 4.79 Å². The zero-order valence-electron chi connectivity index (χ0n) is 10.9. The smallest absolute Gasteiger partial charge is 0.227 e. The topological polar surface area (TPSA) is 49.6 Å². The molecule has 0 atom stereocenters. The van der Waals surface area contributed by atoms with Crippen LogP contribution in [0.5, 0.6) is 0 Å². The standard InChI is InChI=1S/C14H21N3O/c1-2-16-10-11-17(14(18)8-5-9-15)13-7-4-3-6-12(13)16/h3-4,6-7H,2,5,8-11,15H2,1H3. The van der Waals surface area contributed by atoms with Crippen LogP contribution in [0.15, 0.2) is 24.3 Å². The van der Waals surface area contributed by atoms with Gasteiger partial charge in [0, 0.05) is 26.1 Å². The minimum atomic E-state index is 0.184. The first kappa shape index (κ1) is 12.9. The van der Waals surface area contributed by atoms with E-state index in [1.54, 1.807) is 0 Å². The summed E-state index contributed by atoms with van der Waals surface area (Å²) < 4.78 is 0. The van der Waals surface area contributed by atoms with Crippen LogP contribution in [-0.4, -0.2) is 32.1 Å². The highest BCUT2D eigenvalue weighted by molar-refractivity contribution is 5.97. The fourth-order valence-corrected chi connectivity index (χ4v) is 2.40. The number of benzene rings is 1. The van der Waals surface area contributed by atoms with E-state index in [0.29, 0.717) is 13.0 Å². The van der Waals surface area contributed by atoms with Gasteiger partial charge in [-0.25, -0.2) is 0 Å². The van der Waals surface area contributed by atoms with Gasteiger partial charge < -0.3 is 15.5 Å². The lowest BCUT2D eigenvalue weighted by atomic mass is 10.1. The molecule has 1 aromatic carbocycles. The maximum atomic E-state index is 12.2. The van der Waals surface area contributed by atoms with Gasteiger partial charge in [-0.3, -0.25) is 4.79 Å². The van der Waals surface area contributed by atoms with Crippen molar-refractivity contribution in [3.8, 4) is 0 Å². The van der Waals surface area contributed by atoms with Crippen molar-refractivity contribution in [3.05, 3.63) is 24.3 Å². The lowest BCUT2D eigenvalue weighted by Crippen LogP contribution is -2.44. The molecule has 1 aromatic rings. The molecule has 0 spiro atoms. The number of likely N-dealkylation sites (N-methyl/N-ethyl adjacent to an activating group) is 1. The second-order valence-electron chi connectivity index (χ2n) is 4.51. The lowest BCUT2D eigenvalue weighted by molar-refractivity contribution is -0.118. The predicted octanol–water partition coefficient (Wildman–Crippen LogP) is 1.60. The van der Waals surface area contributed by atoms with E-state index in [9.17, 15) is 4.79 Å². The zero-order chi connectivity index (χ0) is 13.0. The number of nitrogens with zero attached hydrogens (tertiary/aromatic N) is 2. The monoisotopic (exact) mass is 247 g/mol. The Morgan fingerprint density at radius 3 is 2.67 bits per heavy atom. The maximum absolute atomic E-state index is 12.2. The molecule has 0 bridgehead atoms. The van der Waals surface area contributed by atoms with Gasteiger partial charge in [-0.15, -0.1) is 0 Å². The number of para-hydroxylation sites is 2. The lowest BCUT2D eigenvalue weighted by Gasteiger charge is -2.37. The summed E-state index contributed by atoms with van der Waals surface area (Å²) in [7, 11) is 0. The Balaban J connectivity index is 2.22. The first-order chi connectivity index (χ1) is 8.77. The van der Waals surface area contributed by atoms with Gasteiger partial charge >= 0.3 is 0 Å². The third-order valence-corrected chi connectivity index (χ3v) is 3.38. The fourth-order valence-electron chi connectivity index (χ4n) is 2.40.